The van der Waals surface area contributed by atoms with Crippen molar-refractivity contribution in [2.24, 2.45) is 0 Å². The number of pyridine rings is 1. The monoisotopic (exact) mass is 620 g/mol. The quantitative estimate of drug-likeness (QED) is 0.114. The molecule has 0 aliphatic heterocycles. The van der Waals surface area contributed by atoms with Gasteiger partial charge in [0.1, 0.15) is 11.6 Å². The van der Waals surface area contributed by atoms with E-state index in [2.05, 4.69) is 30.3 Å². The second kappa shape index (κ2) is 14.1. The fourth-order valence-corrected chi connectivity index (χ4v) is 3.12. The first-order chi connectivity index (χ1) is 20.7. The predicted molar refractivity (Wildman–Crippen MR) is 145 cm³/mol. The third kappa shape index (κ3) is 9.72. The molecular weight excluding hydrogens is 600 g/mol. The SMILES string of the molecule is COC(=O)Nc1nc2cc(Oc3ccc(NC(=O)Nc4cc(C(F)(F)F)ccc4F)cn3)ccc2[nH]1.O=C(O)/C=C\C(=O)O. The van der Waals surface area contributed by atoms with Crippen molar-refractivity contribution in [3.63, 3.8) is 0 Å². The Labute approximate surface area is 243 Å². The zero-order valence-corrected chi connectivity index (χ0v) is 22.1. The van der Waals surface area contributed by atoms with Crippen LogP contribution in [0.15, 0.2) is 66.9 Å². The summed E-state index contributed by atoms with van der Waals surface area (Å²) in [6.45, 7) is 0. The van der Waals surface area contributed by atoms with Gasteiger partial charge in [-0.1, -0.05) is 0 Å². The number of amides is 3. The number of H-pyrrole nitrogens is 1. The second-order valence-corrected chi connectivity index (χ2v) is 8.15. The number of ether oxygens (including phenoxy) is 2. The van der Waals surface area contributed by atoms with Gasteiger partial charge in [0.05, 0.1) is 41.3 Å². The molecule has 3 amide bonds. The number of aliphatic carboxylic acids is 2. The molecule has 4 aromatic rings. The van der Waals surface area contributed by atoms with Crippen LogP contribution in [-0.2, 0) is 20.5 Å². The van der Waals surface area contributed by atoms with Crippen molar-refractivity contribution < 1.29 is 56.4 Å². The molecule has 6 N–H and O–H groups in total. The summed E-state index contributed by atoms with van der Waals surface area (Å²) < 4.78 is 62.4. The molecule has 14 nitrogen and oxygen atoms in total. The van der Waals surface area contributed by atoms with Crippen LogP contribution in [0.25, 0.3) is 11.0 Å². The number of carbonyl (C=O) groups is 4. The first-order valence-corrected chi connectivity index (χ1v) is 11.8. The Morgan fingerprint density at radius 3 is 2.23 bits per heavy atom. The minimum absolute atomic E-state index is 0.160. The zero-order valence-electron chi connectivity index (χ0n) is 22.1. The van der Waals surface area contributed by atoms with Crippen molar-refractivity contribution in [2.75, 3.05) is 23.1 Å². The van der Waals surface area contributed by atoms with E-state index < -0.39 is 47.3 Å². The topological polar surface area (TPSA) is 205 Å². The van der Waals surface area contributed by atoms with E-state index in [0.29, 0.717) is 47.1 Å². The third-order valence-corrected chi connectivity index (χ3v) is 4.99. The Morgan fingerprint density at radius 1 is 0.932 bits per heavy atom. The largest absolute Gasteiger partial charge is 0.478 e. The lowest BCUT2D eigenvalue weighted by molar-refractivity contribution is -0.137. The van der Waals surface area contributed by atoms with Crippen LogP contribution >= 0.6 is 0 Å². The van der Waals surface area contributed by atoms with E-state index in [1.54, 1.807) is 18.2 Å². The molecule has 2 aromatic carbocycles. The number of alkyl halides is 3. The number of fused-ring (bicyclic) bond motifs is 1. The van der Waals surface area contributed by atoms with Crippen LogP contribution in [0.1, 0.15) is 5.56 Å². The number of nitrogens with one attached hydrogen (secondary N) is 4. The molecule has 44 heavy (non-hydrogen) atoms. The molecule has 2 heterocycles. The van der Waals surface area contributed by atoms with Gasteiger partial charge in [0.2, 0.25) is 11.8 Å². The highest BCUT2D eigenvalue weighted by Gasteiger charge is 2.31. The summed E-state index contributed by atoms with van der Waals surface area (Å²) in [5.41, 5.74) is -0.436. The number of aromatic amines is 1. The molecule has 0 unspecified atom stereocenters. The number of carboxylic acids is 2. The van der Waals surface area contributed by atoms with E-state index in [1.165, 1.54) is 25.4 Å². The van der Waals surface area contributed by atoms with Crippen molar-refractivity contribution in [3.05, 3.63) is 78.3 Å². The van der Waals surface area contributed by atoms with Crippen LogP contribution < -0.4 is 20.7 Å². The number of imidazole rings is 1. The van der Waals surface area contributed by atoms with Gasteiger partial charge < -0.3 is 35.3 Å². The van der Waals surface area contributed by atoms with E-state index in [4.69, 9.17) is 14.9 Å². The Hall–Kier alpha value is -6.20. The zero-order chi connectivity index (χ0) is 32.4. The highest BCUT2D eigenvalue weighted by Crippen LogP contribution is 2.32. The lowest BCUT2D eigenvalue weighted by atomic mass is 10.2. The number of urea groups is 1. The average Bonchev–Trinajstić information content (AvgIpc) is 3.35. The number of benzene rings is 2. The van der Waals surface area contributed by atoms with Crippen LogP contribution in [0.5, 0.6) is 11.6 Å². The Balaban J connectivity index is 0.000000583. The Morgan fingerprint density at radius 2 is 1.64 bits per heavy atom. The molecule has 4 rings (SSSR count). The number of carbonyl (C=O) groups excluding carboxylic acids is 2. The van der Waals surface area contributed by atoms with Gasteiger partial charge in [0.15, 0.2) is 0 Å². The summed E-state index contributed by atoms with van der Waals surface area (Å²) in [6.07, 6.45) is -3.02. The van der Waals surface area contributed by atoms with Gasteiger partial charge in [-0.15, -0.1) is 0 Å². The smallest absolute Gasteiger partial charge is 0.416 e. The summed E-state index contributed by atoms with van der Waals surface area (Å²) in [5, 5.41) is 22.4. The first-order valence-electron chi connectivity index (χ1n) is 11.8. The van der Waals surface area contributed by atoms with Crippen LogP contribution in [0, 0.1) is 5.82 Å². The van der Waals surface area contributed by atoms with Crippen LogP contribution in [0.2, 0.25) is 0 Å². The van der Waals surface area contributed by atoms with Crippen molar-refractivity contribution in [1.82, 2.24) is 15.0 Å². The van der Waals surface area contributed by atoms with Gasteiger partial charge in [-0.05, 0) is 36.4 Å². The molecule has 0 atom stereocenters. The molecule has 0 aliphatic rings. The van der Waals surface area contributed by atoms with Gasteiger partial charge in [-0.3, -0.25) is 5.32 Å². The van der Waals surface area contributed by atoms with E-state index in [1.807, 2.05) is 5.32 Å². The molecule has 18 heteroatoms. The van der Waals surface area contributed by atoms with E-state index in [9.17, 15) is 36.7 Å². The van der Waals surface area contributed by atoms with Gasteiger partial charge >= 0.3 is 30.2 Å². The summed E-state index contributed by atoms with van der Waals surface area (Å²) in [7, 11) is 1.22. The normalized spacial score (nSPS) is 10.8. The lowest BCUT2D eigenvalue weighted by Crippen LogP contribution is -2.20. The predicted octanol–water partition coefficient (Wildman–Crippen LogP) is 5.44. The van der Waals surface area contributed by atoms with Crippen molar-refractivity contribution in [2.45, 2.75) is 6.18 Å². The summed E-state index contributed by atoms with van der Waals surface area (Å²) >= 11 is 0. The standard InChI is InChI=1S/C22H16F4N6O4.C4H4O4/c1-35-21(34)32-19-29-15-6-4-13(9-17(15)30-19)36-18-7-3-12(10-27-18)28-20(33)31-16-8-11(22(24,25)26)2-5-14(16)23;5-3(6)1-2-4(7)8/h2-10H,1H3,(H2,28,31,33)(H2,29,30,32,34);1-2H,(H,5,6)(H,7,8)/b;2-1-. The van der Waals surface area contributed by atoms with Crippen LogP contribution in [0.3, 0.4) is 0 Å². The van der Waals surface area contributed by atoms with E-state index in [0.717, 1.165) is 0 Å². The Kier molecular flexibility index (Phi) is 10.4. The number of methoxy groups -OCH3 is 1. The number of aromatic nitrogens is 3. The Bertz CT molecular complexity index is 1690. The number of nitrogens with zero attached hydrogens (tertiary/aromatic N) is 2. The fraction of sp³-hybridized carbons (Fsp3) is 0.0769. The van der Waals surface area contributed by atoms with E-state index in [-0.39, 0.29) is 17.5 Å². The third-order valence-electron chi connectivity index (χ3n) is 4.99. The number of rotatable bonds is 7. The van der Waals surface area contributed by atoms with Gasteiger partial charge in [0, 0.05) is 24.3 Å². The molecule has 0 spiro atoms. The van der Waals surface area contributed by atoms with Crippen LogP contribution in [0.4, 0.5) is 44.5 Å². The van der Waals surface area contributed by atoms with Crippen LogP contribution in [-0.4, -0.2) is 56.3 Å². The summed E-state index contributed by atoms with van der Waals surface area (Å²) in [4.78, 5) is 53.7. The molecule has 0 radical (unpaired) electrons. The first kappa shape index (κ1) is 32.3. The van der Waals surface area contributed by atoms with Crippen molar-refractivity contribution in [3.8, 4) is 11.6 Å². The molecule has 230 valence electrons. The highest BCUT2D eigenvalue weighted by molar-refractivity contribution is 5.99. The number of carboxylic acid groups (broad SMARTS) is 2. The lowest BCUT2D eigenvalue weighted by Gasteiger charge is -2.12. The summed E-state index contributed by atoms with van der Waals surface area (Å²) in [5.74, 6) is -2.81. The maximum atomic E-state index is 13.8. The minimum Gasteiger partial charge on any atom is -0.478 e. The summed E-state index contributed by atoms with van der Waals surface area (Å²) in [6, 6.07) is 8.47. The van der Waals surface area contributed by atoms with Gasteiger partial charge in [-0.25, -0.2) is 33.5 Å². The van der Waals surface area contributed by atoms with Crippen molar-refractivity contribution >= 4 is 52.4 Å². The average molecular weight is 620 g/mol. The van der Waals surface area contributed by atoms with Crippen molar-refractivity contribution in [1.29, 1.82) is 0 Å². The van der Waals surface area contributed by atoms with E-state index >= 15 is 0 Å². The maximum Gasteiger partial charge on any atom is 0.416 e. The molecule has 2 aromatic heterocycles. The highest BCUT2D eigenvalue weighted by atomic mass is 19.4. The van der Waals surface area contributed by atoms with Gasteiger partial charge in [-0.2, -0.15) is 13.2 Å². The maximum absolute atomic E-state index is 13.8. The molecule has 0 aliphatic carbocycles. The van der Waals surface area contributed by atoms with Gasteiger partial charge in [0.25, 0.3) is 0 Å². The minimum atomic E-state index is -4.69. The molecule has 0 fully saturated rings. The molecule has 0 saturated heterocycles. The molecular formula is C26H20F4N6O8. The number of hydrogen-bond donors (Lipinski definition) is 6. The number of anilines is 3. The second-order valence-electron chi connectivity index (χ2n) is 8.15. The molecule has 0 saturated carbocycles. The fourth-order valence-electron chi connectivity index (χ4n) is 3.12. The number of halogens is 4. The number of hydrogen-bond acceptors (Lipinski definition) is 8. The molecule has 0 bridgehead atoms.